The third-order valence-corrected chi connectivity index (χ3v) is 4.67. The molecule has 128 valence electrons. The fourth-order valence-corrected chi connectivity index (χ4v) is 3.26. The maximum atomic E-state index is 12.1. The Hall–Kier alpha value is -2.62. The molecule has 0 aliphatic carbocycles. The number of aromatic amines is 1. The van der Waals surface area contributed by atoms with Gasteiger partial charge in [-0.3, -0.25) is 9.79 Å². The lowest BCUT2D eigenvalue weighted by atomic mass is 9.91. The number of likely N-dealkylation sites (N-methyl/N-ethyl adjacent to an activating group) is 1. The smallest absolute Gasteiger partial charge is 0.236 e. The van der Waals surface area contributed by atoms with Gasteiger partial charge in [0.15, 0.2) is 0 Å². The van der Waals surface area contributed by atoms with Crippen LogP contribution in [0.2, 0.25) is 0 Å². The molecule has 24 heavy (non-hydrogen) atoms. The van der Waals surface area contributed by atoms with Gasteiger partial charge in [-0.1, -0.05) is 6.92 Å². The van der Waals surface area contributed by atoms with E-state index in [0.29, 0.717) is 24.8 Å². The molecule has 1 fully saturated rings. The molecule has 0 bridgehead atoms. The van der Waals surface area contributed by atoms with Crippen LogP contribution in [-0.2, 0) is 4.79 Å². The molecule has 0 spiro atoms. The van der Waals surface area contributed by atoms with Crippen molar-refractivity contribution in [1.82, 2.24) is 14.8 Å². The minimum absolute atomic E-state index is 0.0676. The van der Waals surface area contributed by atoms with Crippen LogP contribution in [0.1, 0.15) is 25.3 Å². The number of aliphatic imine (C=N–C) groups is 2. The standard InChI is InChI=1S/C17H24N6O/c1-12-7-10-23(15(24)5-8-18)11-14(12)22(4)17(20-3)13-6-9-21-16(13)19-2/h6,9,12,14,21H,2,5,7,10-11H2,1,3-4H3/b20-17+/t12-,14?/m1/s1. The van der Waals surface area contributed by atoms with E-state index in [1.165, 1.54) is 0 Å². The molecular weight excluding hydrogens is 304 g/mol. The zero-order chi connectivity index (χ0) is 17.7. The van der Waals surface area contributed by atoms with Gasteiger partial charge in [-0.2, -0.15) is 5.26 Å². The predicted molar refractivity (Wildman–Crippen MR) is 94.6 cm³/mol. The van der Waals surface area contributed by atoms with E-state index in [-0.39, 0.29) is 18.4 Å². The lowest BCUT2D eigenvalue weighted by Crippen LogP contribution is -2.54. The number of hydrogen-bond acceptors (Lipinski definition) is 4. The first-order valence-corrected chi connectivity index (χ1v) is 8.02. The minimum atomic E-state index is -0.104. The number of amidine groups is 1. The Morgan fingerprint density at radius 2 is 2.38 bits per heavy atom. The third-order valence-electron chi connectivity index (χ3n) is 4.67. The fraction of sp³-hybridized carbons (Fsp3) is 0.529. The Kier molecular flexibility index (Phi) is 5.74. The van der Waals surface area contributed by atoms with Crippen molar-refractivity contribution in [2.24, 2.45) is 15.9 Å². The normalized spacial score (nSPS) is 21.2. The van der Waals surface area contributed by atoms with E-state index in [0.717, 1.165) is 17.8 Å². The lowest BCUT2D eigenvalue weighted by molar-refractivity contribution is -0.132. The summed E-state index contributed by atoms with van der Waals surface area (Å²) in [6.45, 7) is 7.07. The van der Waals surface area contributed by atoms with Crippen LogP contribution in [0.4, 0.5) is 5.82 Å². The number of H-pyrrole nitrogens is 1. The molecule has 2 rings (SSSR count). The zero-order valence-corrected chi connectivity index (χ0v) is 14.5. The number of carbonyl (C=O) groups is 1. The summed E-state index contributed by atoms with van der Waals surface area (Å²) in [7, 11) is 3.74. The molecule has 1 aliphatic heterocycles. The summed E-state index contributed by atoms with van der Waals surface area (Å²) >= 11 is 0. The van der Waals surface area contributed by atoms with Crippen LogP contribution in [0.5, 0.6) is 0 Å². The summed E-state index contributed by atoms with van der Waals surface area (Å²) in [6.07, 6.45) is 2.65. The number of aromatic nitrogens is 1. The van der Waals surface area contributed by atoms with Crippen LogP contribution >= 0.6 is 0 Å². The maximum absolute atomic E-state index is 12.1. The molecule has 1 unspecified atom stereocenters. The second kappa shape index (κ2) is 7.77. The van der Waals surface area contributed by atoms with Crippen LogP contribution in [-0.4, -0.2) is 66.5 Å². The number of hydrogen-bond donors (Lipinski definition) is 1. The van der Waals surface area contributed by atoms with Crippen molar-refractivity contribution in [3.63, 3.8) is 0 Å². The van der Waals surface area contributed by atoms with Gasteiger partial charge in [-0.05, 0) is 25.1 Å². The Morgan fingerprint density at radius 3 is 3.00 bits per heavy atom. The summed E-state index contributed by atoms with van der Waals surface area (Å²) < 4.78 is 0. The van der Waals surface area contributed by atoms with Gasteiger partial charge < -0.3 is 14.8 Å². The molecule has 1 N–H and O–H groups in total. The van der Waals surface area contributed by atoms with Crippen LogP contribution in [0, 0.1) is 17.2 Å². The van der Waals surface area contributed by atoms with E-state index in [2.05, 4.69) is 33.5 Å². The van der Waals surface area contributed by atoms with E-state index in [1.807, 2.05) is 25.4 Å². The van der Waals surface area contributed by atoms with E-state index in [9.17, 15) is 4.79 Å². The van der Waals surface area contributed by atoms with Crippen LogP contribution in [0.25, 0.3) is 0 Å². The number of nitrogens with zero attached hydrogens (tertiary/aromatic N) is 5. The Labute approximate surface area is 142 Å². The van der Waals surface area contributed by atoms with Gasteiger partial charge in [0.1, 0.15) is 18.1 Å². The molecule has 1 amide bonds. The number of amides is 1. The van der Waals surface area contributed by atoms with Crippen LogP contribution in [0.3, 0.4) is 0 Å². The predicted octanol–water partition coefficient (Wildman–Crippen LogP) is 1.81. The van der Waals surface area contributed by atoms with E-state index in [4.69, 9.17) is 5.26 Å². The number of likely N-dealkylation sites (tertiary alicyclic amines) is 1. The number of nitrogens with one attached hydrogen (secondary N) is 1. The van der Waals surface area contributed by atoms with Gasteiger partial charge in [-0.15, -0.1) is 0 Å². The van der Waals surface area contributed by atoms with Crippen molar-refractivity contribution in [3.05, 3.63) is 17.8 Å². The molecule has 0 saturated carbocycles. The molecular formula is C17H24N6O. The quantitative estimate of drug-likeness (QED) is 0.675. The SMILES string of the molecule is C=Nc1[nH]ccc1/C(=N\C)N(C)C1CN(C(=O)CC#N)CC[C@H]1C. The van der Waals surface area contributed by atoms with Crippen LogP contribution < -0.4 is 0 Å². The van der Waals surface area contributed by atoms with E-state index < -0.39 is 0 Å². The number of carbonyl (C=O) groups excluding carboxylic acids is 1. The van der Waals surface area contributed by atoms with Gasteiger partial charge in [0, 0.05) is 33.4 Å². The molecule has 1 aliphatic rings. The summed E-state index contributed by atoms with van der Waals surface area (Å²) in [4.78, 5) is 27.4. The number of nitriles is 1. The highest BCUT2D eigenvalue weighted by Gasteiger charge is 2.33. The maximum Gasteiger partial charge on any atom is 0.236 e. The summed E-state index contributed by atoms with van der Waals surface area (Å²) in [5.41, 5.74) is 0.891. The monoisotopic (exact) mass is 328 g/mol. The van der Waals surface area contributed by atoms with Gasteiger partial charge in [0.2, 0.25) is 5.91 Å². The first kappa shape index (κ1) is 17.7. The largest absolute Gasteiger partial charge is 0.354 e. The van der Waals surface area contributed by atoms with Gasteiger partial charge >= 0.3 is 0 Å². The molecule has 7 heteroatoms. The lowest BCUT2D eigenvalue weighted by Gasteiger charge is -2.42. The van der Waals surface area contributed by atoms with Crippen molar-refractivity contribution in [2.45, 2.75) is 25.8 Å². The van der Waals surface area contributed by atoms with Crippen LogP contribution in [0.15, 0.2) is 22.2 Å². The highest BCUT2D eigenvalue weighted by Crippen LogP contribution is 2.25. The average Bonchev–Trinajstić information content (AvgIpc) is 3.04. The van der Waals surface area contributed by atoms with Gasteiger partial charge in [0.25, 0.3) is 0 Å². The van der Waals surface area contributed by atoms with Crippen molar-refractivity contribution in [3.8, 4) is 6.07 Å². The van der Waals surface area contributed by atoms with Gasteiger partial charge in [0.05, 0.1) is 17.7 Å². The Bertz CT molecular complexity index is 671. The molecule has 2 heterocycles. The van der Waals surface area contributed by atoms with E-state index >= 15 is 0 Å². The first-order valence-electron chi connectivity index (χ1n) is 8.02. The third kappa shape index (κ3) is 3.48. The number of piperidine rings is 1. The highest BCUT2D eigenvalue weighted by atomic mass is 16.2. The average molecular weight is 328 g/mol. The summed E-state index contributed by atoms with van der Waals surface area (Å²) in [5, 5.41) is 8.76. The topological polar surface area (TPSA) is 87.8 Å². The second-order valence-corrected chi connectivity index (χ2v) is 6.06. The molecule has 7 nitrogen and oxygen atoms in total. The molecule has 1 aromatic heterocycles. The van der Waals surface area contributed by atoms with Gasteiger partial charge in [-0.25, -0.2) is 4.99 Å². The minimum Gasteiger partial charge on any atom is -0.354 e. The van der Waals surface area contributed by atoms with Crippen molar-refractivity contribution < 1.29 is 4.79 Å². The van der Waals surface area contributed by atoms with Crippen molar-refractivity contribution in [1.29, 1.82) is 5.26 Å². The Balaban J connectivity index is 2.22. The first-order chi connectivity index (χ1) is 11.5. The molecule has 0 radical (unpaired) electrons. The second-order valence-electron chi connectivity index (χ2n) is 6.06. The van der Waals surface area contributed by atoms with E-state index in [1.54, 1.807) is 11.9 Å². The molecule has 1 saturated heterocycles. The zero-order valence-electron chi connectivity index (χ0n) is 14.5. The molecule has 0 aromatic carbocycles. The summed E-state index contributed by atoms with van der Waals surface area (Å²) in [6, 6.07) is 4.00. The highest BCUT2D eigenvalue weighted by molar-refractivity contribution is 6.02. The summed E-state index contributed by atoms with van der Waals surface area (Å²) in [5.74, 6) is 1.80. The van der Waals surface area contributed by atoms with Crippen molar-refractivity contribution >= 4 is 24.3 Å². The number of rotatable bonds is 4. The fourth-order valence-electron chi connectivity index (χ4n) is 3.26. The van der Waals surface area contributed by atoms with Crippen molar-refractivity contribution in [2.75, 3.05) is 27.2 Å². The molecule has 1 aromatic rings. The Morgan fingerprint density at radius 1 is 1.62 bits per heavy atom. The molecule has 2 atom stereocenters.